The minimum Gasteiger partial charge on any atom is -0.399 e. The summed E-state index contributed by atoms with van der Waals surface area (Å²) in [6.45, 7) is 12.3. The third-order valence-corrected chi connectivity index (χ3v) is 16.0. The molecule has 0 saturated carbocycles. The van der Waals surface area contributed by atoms with Gasteiger partial charge in [-0.05, 0) is 119 Å². The first-order chi connectivity index (χ1) is 40.5. The first-order valence-corrected chi connectivity index (χ1v) is 28.5. The van der Waals surface area contributed by atoms with Crippen LogP contribution in [0.2, 0.25) is 5.02 Å². The molecule has 12 aromatic rings. The molecule has 1 saturated heterocycles. The largest absolute Gasteiger partial charge is 0.496 e. The fraction of sp³-hybridized carbons (Fsp3) is 0.194. The van der Waals surface area contributed by atoms with Gasteiger partial charge in [0.15, 0.2) is 11.3 Å². The molecule has 1 fully saturated rings. The molecule has 4 N–H and O–H groups in total. The number of halogens is 3. The van der Waals surface area contributed by atoms with Crippen LogP contribution in [0.25, 0.3) is 65.9 Å². The number of hydrogen-bond acceptors (Lipinski definition) is 14. The SMILES string of the molecule is C.C.C.CC(Nc1c(C#N)cnc2ccc(-c3cnc4[nH]ncc4c3)cc12)c1ccccc1.CC(Nc1c(C#N)cnc2ccc(Br)cc12)c1ccccc1.CC1(C)OB(c2cnc3[nH]ncc3c2)OC1(C)C.N#Cc1cnc2ccc(Br)cc2c1Cl. The Hall–Kier alpha value is -9.13. The molecule has 7 aromatic heterocycles. The Morgan fingerprint density at radius 3 is 1.45 bits per heavy atom. The normalized spacial score (nSPS) is 13.2. The zero-order valence-corrected chi connectivity index (χ0v) is 50.2. The van der Waals surface area contributed by atoms with Gasteiger partial charge in [0.1, 0.15) is 18.2 Å². The van der Waals surface area contributed by atoms with E-state index in [0.717, 1.165) is 97.2 Å². The van der Waals surface area contributed by atoms with E-state index in [9.17, 15) is 10.5 Å². The average molecular weight is 1300 g/mol. The van der Waals surface area contributed by atoms with E-state index >= 15 is 0 Å². The zero-order valence-electron chi connectivity index (χ0n) is 46.3. The number of nitriles is 3. The molecule has 2 atom stereocenters. The predicted octanol–water partition coefficient (Wildman–Crippen LogP) is 16.9. The zero-order chi connectivity index (χ0) is 59.1. The fourth-order valence-corrected chi connectivity index (χ4v) is 10.2. The average Bonchev–Trinajstić information content (AvgIpc) is 2.34. The van der Waals surface area contributed by atoms with Crippen molar-refractivity contribution in [3.05, 3.63) is 213 Å². The van der Waals surface area contributed by atoms with Crippen LogP contribution in [0.3, 0.4) is 0 Å². The van der Waals surface area contributed by atoms with Crippen LogP contribution in [-0.2, 0) is 9.31 Å². The van der Waals surface area contributed by atoms with E-state index in [4.69, 9.17) is 26.2 Å². The lowest BCUT2D eigenvalue weighted by atomic mass is 9.80. The summed E-state index contributed by atoms with van der Waals surface area (Å²) in [7, 11) is -0.373. The summed E-state index contributed by atoms with van der Waals surface area (Å²) in [5.41, 5.74) is 11.7. The van der Waals surface area contributed by atoms with Gasteiger partial charge in [-0.3, -0.25) is 25.1 Å². The number of aromatic nitrogens is 9. The van der Waals surface area contributed by atoms with Gasteiger partial charge in [-0.15, -0.1) is 0 Å². The van der Waals surface area contributed by atoms with Crippen LogP contribution in [0.1, 0.15) is 104 Å². The van der Waals surface area contributed by atoms with E-state index < -0.39 is 0 Å². The van der Waals surface area contributed by atoms with Crippen molar-refractivity contribution in [2.45, 2.75) is 87.1 Å². The third-order valence-electron chi connectivity index (χ3n) is 14.6. The van der Waals surface area contributed by atoms with Crippen molar-refractivity contribution < 1.29 is 9.31 Å². The Kier molecular flexibility index (Phi) is 21.3. The Labute approximate surface area is 528 Å². The molecular weight excluding hydrogens is 1240 g/mol. The lowest BCUT2D eigenvalue weighted by Crippen LogP contribution is -2.41. The molecule has 16 nitrogen and oxygen atoms in total. The van der Waals surface area contributed by atoms with Gasteiger partial charge in [-0.1, -0.05) is 132 Å². The van der Waals surface area contributed by atoms with Gasteiger partial charge in [0, 0.05) is 90.0 Å². The molecule has 13 rings (SSSR count). The number of rotatable bonds is 8. The van der Waals surface area contributed by atoms with Crippen LogP contribution < -0.4 is 16.1 Å². The highest BCUT2D eigenvalue weighted by molar-refractivity contribution is 9.10. The molecular formula is C67H64BBr2ClN14O2. The smallest absolute Gasteiger partial charge is 0.399 e. The van der Waals surface area contributed by atoms with Crippen LogP contribution in [0, 0.1) is 34.0 Å². The van der Waals surface area contributed by atoms with Crippen molar-refractivity contribution in [2.75, 3.05) is 10.6 Å². The first-order valence-electron chi connectivity index (χ1n) is 26.5. The Morgan fingerprint density at radius 2 is 0.943 bits per heavy atom. The van der Waals surface area contributed by atoms with Crippen LogP contribution in [0.15, 0.2) is 180 Å². The molecule has 0 amide bonds. The van der Waals surface area contributed by atoms with Gasteiger partial charge in [-0.25, -0.2) is 9.97 Å². The maximum atomic E-state index is 9.69. The standard InChI is InChI=1S/C24H18N6.C18H14BrN3.C12H16BN3O2.C10H4BrClN2.3CH4/c1-15(16-5-3-2-4-6-16)29-23-20(11-25)13-26-22-8-7-17(10-21(22)23)18-9-19-14-28-30-24(19)27-12-18;1-12(13-5-3-2-4-6-13)22-18-14(10-20)11-21-17-8-7-15(19)9-16(17)18;1-11(2)12(3,4)18-13(17-11)9-5-8-6-15-16-10(8)14-7-9;11-7-1-2-9-8(3-7)10(12)6(4-13)5-14-9;;;/h2-10,12-15H,1H3,(H,26,29)(H,27,28,30);2-9,11-12H,1H3,(H,21,22);5-7H,1-4H3,(H,14,15,16);1-3,5H;3*1H4. The number of aromatic amines is 2. The summed E-state index contributed by atoms with van der Waals surface area (Å²) in [6, 6.07) is 48.5. The number of H-pyrrole nitrogens is 2. The van der Waals surface area contributed by atoms with Gasteiger partial charge in [0.2, 0.25) is 0 Å². The minimum atomic E-state index is -0.373. The molecule has 0 bridgehead atoms. The number of benzene rings is 5. The summed E-state index contributed by atoms with van der Waals surface area (Å²) >= 11 is 12.9. The molecule has 8 heterocycles. The molecule has 87 heavy (non-hydrogen) atoms. The summed E-state index contributed by atoms with van der Waals surface area (Å²) < 4.78 is 13.9. The molecule has 1 aliphatic rings. The van der Waals surface area contributed by atoms with Crippen molar-refractivity contribution in [3.63, 3.8) is 0 Å². The molecule has 0 aliphatic carbocycles. The molecule has 438 valence electrons. The van der Waals surface area contributed by atoms with Crippen molar-refractivity contribution in [2.24, 2.45) is 0 Å². The number of fused-ring (bicyclic) bond motifs is 5. The second kappa shape index (κ2) is 28.4. The van der Waals surface area contributed by atoms with Crippen molar-refractivity contribution in [3.8, 4) is 29.3 Å². The second-order valence-corrected chi connectivity index (χ2v) is 22.9. The van der Waals surface area contributed by atoms with Crippen LogP contribution >= 0.6 is 43.5 Å². The van der Waals surface area contributed by atoms with E-state index in [1.165, 1.54) is 11.8 Å². The predicted molar refractivity (Wildman–Crippen MR) is 359 cm³/mol. The third kappa shape index (κ3) is 14.6. The maximum Gasteiger partial charge on any atom is 0.496 e. The summed E-state index contributed by atoms with van der Waals surface area (Å²) in [4.78, 5) is 21.7. The highest BCUT2D eigenvalue weighted by Gasteiger charge is 2.52. The maximum absolute atomic E-state index is 9.69. The Bertz CT molecular complexity index is 4490. The quantitative estimate of drug-likeness (QED) is 0.104. The lowest BCUT2D eigenvalue weighted by molar-refractivity contribution is 0.00578. The first kappa shape index (κ1) is 65.4. The van der Waals surface area contributed by atoms with Crippen molar-refractivity contribution >= 4 is 122 Å². The van der Waals surface area contributed by atoms with E-state index in [1.54, 1.807) is 31.0 Å². The topological polar surface area (TPSA) is 236 Å². The van der Waals surface area contributed by atoms with E-state index in [2.05, 4.69) is 144 Å². The monoisotopic (exact) mass is 1300 g/mol. The highest BCUT2D eigenvalue weighted by Crippen LogP contribution is 2.38. The van der Waals surface area contributed by atoms with E-state index in [1.807, 2.05) is 137 Å². The Balaban J connectivity index is 0.000000170. The van der Waals surface area contributed by atoms with E-state index in [0.29, 0.717) is 21.7 Å². The van der Waals surface area contributed by atoms with Crippen LogP contribution in [0.4, 0.5) is 11.4 Å². The number of hydrogen-bond donors (Lipinski definition) is 4. The number of anilines is 2. The number of nitrogens with one attached hydrogen (secondary N) is 4. The fourth-order valence-electron chi connectivity index (χ4n) is 9.27. The molecule has 5 aromatic carbocycles. The van der Waals surface area contributed by atoms with E-state index in [-0.39, 0.29) is 52.7 Å². The number of pyridine rings is 5. The summed E-state index contributed by atoms with van der Waals surface area (Å²) in [5, 5.41) is 53.5. The van der Waals surface area contributed by atoms with Crippen molar-refractivity contribution in [1.29, 1.82) is 15.8 Å². The van der Waals surface area contributed by atoms with Gasteiger partial charge in [0.05, 0.1) is 73.2 Å². The molecule has 2 unspecified atom stereocenters. The highest BCUT2D eigenvalue weighted by atomic mass is 79.9. The van der Waals surface area contributed by atoms with Crippen LogP contribution in [-0.4, -0.2) is 63.6 Å². The summed E-state index contributed by atoms with van der Waals surface area (Å²) in [6.07, 6.45) is 11.8. The molecule has 20 heteroatoms. The van der Waals surface area contributed by atoms with Gasteiger partial charge < -0.3 is 19.9 Å². The minimum absolute atomic E-state index is 0. The summed E-state index contributed by atoms with van der Waals surface area (Å²) in [5.74, 6) is 0. The van der Waals surface area contributed by atoms with Gasteiger partial charge >= 0.3 is 7.12 Å². The molecule has 0 radical (unpaired) electrons. The van der Waals surface area contributed by atoms with Gasteiger partial charge in [0.25, 0.3) is 0 Å². The van der Waals surface area contributed by atoms with Gasteiger partial charge in [-0.2, -0.15) is 26.0 Å². The Morgan fingerprint density at radius 1 is 0.506 bits per heavy atom. The number of nitrogens with zero attached hydrogens (tertiary/aromatic N) is 10. The molecule has 0 spiro atoms. The van der Waals surface area contributed by atoms with Crippen molar-refractivity contribution in [1.82, 2.24) is 45.3 Å². The lowest BCUT2D eigenvalue weighted by Gasteiger charge is -2.32. The van der Waals surface area contributed by atoms with Crippen LogP contribution in [0.5, 0.6) is 0 Å². The second-order valence-electron chi connectivity index (χ2n) is 20.7. The molecule has 1 aliphatic heterocycles.